The molecule has 5 nitrogen and oxygen atoms in total. The lowest BCUT2D eigenvalue weighted by Gasteiger charge is -2.16. The van der Waals surface area contributed by atoms with Gasteiger partial charge in [-0.3, -0.25) is 0 Å². The Kier molecular flexibility index (Phi) is 4.79. The Bertz CT molecular complexity index is 1120. The van der Waals surface area contributed by atoms with Crippen LogP contribution in [0.25, 0.3) is 32.5 Å². The molecule has 0 atom stereocenters. The molecule has 3 aromatic carbocycles. The summed E-state index contributed by atoms with van der Waals surface area (Å²) in [5, 5.41) is 11.1. The van der Waals surface area contributed by atoms with E-state index < -0.39 is 0 Å². The lowest BCUT2D eigenvalue weighted by molar-refractivity contribution is 0.376. The van der Waals surface area contributed by atoms with Crippen molar-refractivity contribution in [3.8, 4) is 45.3 Å². The second-order valence-corrected chi connectivity index (χ2v) is 6.97. The Morgan fingerprint density at radius 3 is 1.79 bits per heavy atom. The monoisotopic (exact) mass is 393 g/mol. The smallest absolute Gasteiger partial charge is 0.171 e. The van der Waals surface area contributed by atoms with Gasteiger partial charge in [0.15, 0.2) is 11.5 Å². The molecule has 1 aromatic heterocycles. The predicted molar refractivity (Wildman–Crippen MR) is 112 cm³/mol. The van der Waals surface area contributed by atoms with Crippen LogP contribution in [0.15, 0.2) is 54.0 Å². The zero-order valence-corrected chi connectivity index (χ0v) is 16.5. The van der Waals surface area contributed by atoms with Gasteiger partial charge in [-0.1, -0.05) is 24.3 Å². The third-order valence-electron chi connectivity index (χ3n) is 4.67. The van der Waals surface area contributed by atoms with Crippen LogP contribution in [0.2, 0.25) is 0 Å². The molecule has 1 heterocycles. The molecule has 0 saturated carbocycles. The average Bonchev–Trinajstić information content (AvgIpc) is 3.22. The van der Waals surface area contributed by atoms with Crippen LogP contribution >= 0.6 is 11.3 Å². The number of aromatic nitrogens is 1. The van der Waals surface area contributed by atoms with E-state index in [0.29, 0.717) is 11.3 Å². The molecule has 0 bridgehead atoms. The Morgan fingerprint density at radius 1 is 0.750 bits per heavy atom. The maximum absolute atomic E-state index is 11.1. The van der Waals surface area contributed by atoms with Crippen molar-refractivity contribution in [2.75, 3.05) is 21.3 Å². The van der Waals surface area contributed by atoms with Gasteiger partial charge in [0.25, 0.3) is 0 Å². The number of phenols is 1. The highest BCUT2D eigenvalue weighted by Gasteiger charge is 2.24. The number of nitrogens with zero attached hydrogens (tertiary/aromatic N) is 1. The zero-order valence-electron chi connectivity index (χ0n) is 15.7. The average molecular weight is 393 g/mol. The maximum atomic E-state index is 11.1. The van der Waals surface area contributed by atoms with E-state index in [0.717, 1.165) is 38.4 Å². The fourth-order valence-electron chi connectivity index (χ4n) is 3.30. The van der Waals surface area contributed by atoms with Gasteiger partial charge in [0.05, 0.1) is 42.6 Å². The lowest BCUT2D eigenvalue weighted by Crippen LogP contribution is -1.94. The summed E-state index contributed by atoms with van der Waals surface area (Å²) < 4.78 is 17.0. The van der Waals surface area contributed by atoms with Crippen LogP contribution in [-0.4, -0.2) is 31.4 Å². The first-order chi connectivity index (χ1) is 13.7. The van der Waals surface area contributed by atoms with Crippen LogP contribution in [0.1, 0.15) is 0 Å². The summed E-state index contributed by atoms with van der Waals surface area (Å²) in [5.74, 6) is 2.01. The van der Waals surface area contributed by atoms with Crippen molar-refractivity contribution in [1.82, 2.24) is 4.98 Å². The second kappa shape index (κ2) is 7.40. The molecule has 4 rings (SSSR count). The van der Waals surface area contributed by atoms with Gasteiger partial charge in [-0.05, 0) is 35.4 Å². The largest absolute Gasteiger partial charge is 0.504 e. The highest BCUT2D eigenvalue weighted by molar-refractivity contribution is 7.17. The molecule has 0 fully saturated rings. The maximum Gasteiger partial charge on any atom is 0.171 e. The molecule has 0 aliphatic heterocycles. The van der Waals surface area contributed by atoms with Crippen LogP contribution in [0, 0.1) is 0 Å². The molecule has 0 aliphatic rings. The van der Waals surface area contributed by atoms with Gasteiger partial charge in [-0.25, -0.2) is 4.98 Å². The van der Waals surface area contributed by atoms with Crippen molar-refractivity contribution in [2.24, 2.45) is 0 Å². The number of phenolic OH excluding ortho intramolecular Hbond substituents is 1. The molecule has 0 saturated heterocycles. The van der Waals surface area contributed by atoms with Crippen LogP contribution < -0.4 is 14.2 Å². The van der Waals surface area contributed by atoms with Crippen molar-refractivity contribution >= 4 is 21.6 Å². The normalized spacial score (nSPS) is 10.8. The number of ether oxygens (including phenoxy) is 3. The van der Waals surface area contributed by atoms with Crippen LogP contribution in [0.4, 0.5) is 0 Å². The minimum absolute atomic E-state index is 0.0928. The molecule has 0 amide bonds. The van der Waals surface area contributed by atoms with E-state index >= 15 is 0 Å². The first kappa shape index (κ1) is 18.1. The molecule has 4 aromatic rings. The van der Waals surface area contributed by atoms with Crippen molar-refractivity contribution < 1.29 is 19.3 Å². The van der Waals surface area contributed by atoms with E-state index in [1.54, 1.807) is 26.8 Å². The fraction of sp³-hybridized carbons (Fsp3) is 0.136. The van der Waals surface area contributed by atoms with Gasteiger partial charge in [-0.2, -0.15) is 0 Å². The fourth-order valence-corrected chi connectivity index (χ4v) is 4.16. The summed E-state index contributed by atoms with van der Waals surface area (Å²) in [6.07, 6.45) is 0. The lowest BCUT2D eigenvalue weighted by atomic mass is 9.96. The number of benzene rings is 3. The Morgan fingerprint density at radius 2 is 1.29 bits per heavy atom. The molecule has 142 valence electrons. The van der Waals surface area contributed by atoms with Crippen molar-refractivity contribution in [2.45, 2.75) is 0 Å². The summed E-state index contributed by atoms with van der Waals surface area (Å²) in [7, 11) is 4.81. The van der Waals surface area contributed by atoms with Gasteiger partial charge in [0.2, 0.25) is 0 Å². The first-order valence-corrected chi connectivity index (χ1v) is 9.50. The summed E-state index contributed by atoms with van der Waals surface area (Å²) in [6, 6.07) is 15.2. The minimum atomic E-state index is 0.0928. The number of hydrogen-bond donors (Lipinski definition) is 1. The summed E-state index contributed by atoms with van der Waals surface area (Å²) in [5.41, 5.74) is 5.79. The molecule has 0 spiro atoms. The Hall–Kier alpha value is -3.25. The number of hydrogen-bond acceptors (Lipinski definition) is 6. The molecular weight excluding hydrogens is 374 g/mol. The van der Waals surface area contributed by atoms with E-state index in [2.05, 4.69) is 4.98 Å². The summed E-state index contributed by atoms with van der Waals surface area (Å²) >= 11 is 1.49. The minimum Gasteiger partial charge on any atom is -0.504 e. The quantitative estimate of drug-likeness (QED) is 0.494. The summed E-state index contributed by atoms with van der Waals surface area (Å²) in [6.45, 7) is 0. The van der Waals surface area contributed by atoms with Crippen LogP contribution in [-0.2, 0) is 0 Å². The number of thiazole rings is 1. The van der Waals surface area contributed by atoms with E-state index in [1.165, 1.54) is 11.3 Å². The molecule has 1 N–H and O–H groups in total. The van der Waals surface area contributed by atoms with E-state index in [1.807, 2.05) is 48.5 Å². The highest BCUT2D eigenvalue weighted by Crippen LogP contribution is 2.51. The number of aromatic hydroxyl groups is 1. The van der Waals surface area contributed by atoms with Gasteiger partial charge in [-0.15, -0.1) is 11.3 Å². The van der Waals surface area contributed by atoms with E-state index in [-0.39, 0.29) is 5.75 Å². The number of methoxy groups -OCH3 is 3. The van der Waals surface area contributed by atoms with Crippen molar-refractivity contribution in [1.29, 1.82) is 0 Å². The van der Waals surface area contributed by atoms with Crippen LogP contribution in [0.3, 0.4) is 0 Å². The molecule has 0 unspecified atom stereocenters. The SMILES string of the molecule is COc1ccc(-c2c(OC)c(O)c(-c3ccc(OC)cc3)c3scnc23)cc1. The third-order valence-corrected chi connectivity index (χ3v) is 5.52. The van der Waals surface area contributed by atoms with E-state index in [4.69, 9.17) is 14.2 Å². The van der Waals surface area contributed by atoms with Gasteiger partial charge >= 0.3 is 0 Å². The molecule has 0 aliphatic carbocycles. The van der Waals surface area contributed by atoms with Gasteiger partial charge < -0.3 is 19.3 Å². The van der Waals surface area contributed by atoms with Gasteiger partial charge in [0, 0.05) is 5.56 Å². The predicted octanol–water partition coefficient (Wildman–Crippen LogP) is 5.36. The molecule has 0 radical (unpaired) electrons. The topological polar surface area (TPSA) is 60.8 Å². The Labute approximate surface area is 166 Å². The van der Waals surface area contributed by atoms with Gasteiger partial charge in [0.1, 0.15) is 11.5 Å². The number of rotatable bonds is 5. The van der Waals surface area contributed by atoms with Crippen molar-refractivity contribution in [3.63, 3.8) is 0 Å². The first-order valence-electron chi connectivity index (χ1n) is 8.63. The zero-order chi connectivity index (χ0) is 19.7. The summed E-state index contributed by atoms with van der Waals surface area (Å²) in [4.78, 5) is 4.58. The van der Waals surface area contributed by atoms with Crippen molar-refractivity contribution in [3.05, 3.63) is 54.0 Å². The second-order valence-electron chi connectivity index (χ2n) is 6.12. The standard InChI is InChI=1S/C22H19NO4S/c1-25-15-8-4-13(5-9-15)17-19-22(28-12-23-19)18(20(24)21(17)27-3)14-6-10-16(26-2)11-7-14/h4-12,24H,1-3H3. The molecule has 6 heteroatoms. The van der Waals surface area contributed by atoms with E-state index in [9.17, 15) is 5.11 Å². The molecule has 28 heavy (non-hydrogen) atoms. The molecular formula is C22H19NO4S. The Balaban J connectivity index is 1.99. The highest BCUT2D eigenvalue weighted by atomic mass is 32.1. The van der Waals surface area contributed by atoms with Crippen LogP contribution in [0.5, 0.6) is 23.0 Å². The number of fused-ring (bicyclic) bond motifs is 1. The third kappa shape index (κ3) is 2.92.